The van der Waals surface area contributed by atoms with Gasteiger partial charge in [0, 0.05) is 11.0 Å². The molecular formula is C17H15ClF3LiO4S. The summed E-state index contributed by atoms with van der Waals surface area (Å²) in [5, 5.41) is 8.77. The summed E-state index contributed by atoms with van der Waals surface area (Å²) in [7, 11) is 0. The van der Waals surface area contributed by atoms with Crippen LogP contribution in [0.5, 0.6) is 17.2 Å². The van der Waals surface area contributed by atoms with Crippen molar-refractivity contribution in [3.8, 4) is 17.2 Å². The van der Waals surface area contributed by atoms with E-state index in [9.17, 15) is 18.0 Å². The van der Waals surface area contributed by atoms with Gasteiger partial charge >= 0.3 is 31.0 Å². The van der Waals surface area contributed by atoms with Gasteiger partial charge in [-0.15, -0.1) is 11.8 Å². The first-order valence-corrected chi connectivity index (χ1v) is 8.84. The number of halogens is 4. The zero-order valence-corrected chi connectivity index (χ0v) is 16.2. The molecule has 4 nitrogen and oxygen atoms in total. The van der Waals surface area contributed by atoms with Crippen LogP contribution >= 0.6 is 23.4 Å². The van der Waals surface area contributed by atoms with E-state index in [0.29, 0.717) is 4.90 Å². The summed E-state index contributed by atoms with van der Waals surface area (Å²) in [6.45, 7) is 1.38. The predicted octanol–water partition coefficient (Wildman–Crippen LogP) is 2.84. The molecule has 2 rings (SSSR count). The Labute approximate surface area is 176 Å². The van der Waals surface area contributed by atoms with E-state index >= 15 is 0 Å². The van der Waals surface area contributed by atoms with Gasteiger partial charge < -0.3 is 16.0 Å². The number of thioether (sulfide) groups is 1. The summed E-state index contributed by atoms with van der Waals surface area (Å²) in [5.41, 5.74) is -0.883. The molecule has 10 heteroatoms. The summed E-state index contributed by atoms with van der Waals surface area (Å²) in [4.78, 5) is 11.6. The van der Waals surface area contributed by atoms with Crippen molar-refractivity contribution in [2.75, 3.05) is 6.26 Å². The third-order valence-corrected chi connectivity index (χ3v) is 4.35. The molecule has 0 amide bonds. The third kappa shape index (κ3) is 6.28. The van der Waals surface area contributed by atoms with Gasteiger partial charge in [0.1, 0.15) is 17.2 Å². The average molecular weight is 415 g/mol. The van der Waals surface area contributed by atoms with Gasteiger partial charge in [-0.05, 0) is 43.5 Å². The van der Waals surface area contributed by atoms with E-state index in [1.807, 2.05) is 0 Å². The number of benzene rings is 2. The topological polar surface area (TPSA) is 55.8 Å². The van der Waals surface area contributed by atoms with E-state index in [1.165, 1.54) is 24.8 Å². The fraction of sp³-hybridized carbons (Fsp3) is 0.235. The Kier molecular flexibility index (Phi) is 8.42. The van der Waals surface area contributed by atoms with Gasteiger partial charge in [0.05, 0.1) is 10.6 Å². The van der Waals surface area contributed by atoms with Crippen LogP contribution in [0.4, 0.5) is 13.2 Å². The Balaban J connectivity index is 0.00000364. The van der Waals surface area contributed by atoms with Gasteiger partial charge in [0.25, 0.3) is 0 Å². The maximum absolute atomic E-state index is 12.7. The van der Waals surface area contributed by atoms with Gasteiger partial charge in [-0.3, -0.25) is 0 Å². The van der Waals surface area contributed by atoms with Crippen LogP contribution in [-0.2, 0) is 11.0 Å². The van der Waals surface area contributed by atoms with E-state index in [2.05, 4.69) is 0 Å². The number of aliphatic carboxylic acids is 1. The summed E-state index contributed by atoms with van der Waals surface area (Å²) in [6.07, 6.45) is -3.79. The van der Waals surface area contributed by atoms with E-state index < -0.39 is 23.8 Å². The van der Waals surface area contributed by atoms with Crippen molar-refractivity contribution in [3.63, 3.8) is 0 Å². The van der Waals surface area contributed by atoms with E-state index in [-0.39, 0.29) is 42.6 Å². The maximum atomic E-state index is 12.7. The number of rotatable bonds is 6. The fourth-order valence-electron chi connectivity index (χ4n) is 1.94. The molecule has 1 unspecified atom stereocenters. The normalized spacial score (nSPS) is 12.1. The van der Waals surface area contributed by atoms with Crippen molar-refractivity contribution in [2.45, 2.75) is 24.1 Å². The van der Waals surface area contributed by atoms with E-state index in [0.717, 1.165) is 18.2 Å². The molecule has 0 aliphatic heterocycles. The number of hydrogen-bond donors (Lipinski definition) is 1. The monoisotopic (exact) mass is 414 g/mol. The molecule has 0 aromatic heterocycles. The largest absolute Gasteiger partial charge is 1.00 e. The smallest absolute Gasteiger partial charge is 1.00 e. The van der Waals surface area contributed by atoms with Gasteiger partial charge in [-0.2, -0.15) is 13.2 Å². The van der Waals surface area contributed by atoms with Gasteiger partial charge in [-0.25, -0.2) is 4.79 Å². The molecule has 2 aromatic carbocycles. The van der Waals surface area contributed by atoms with Crippen LogP contribution in [0, 0.1) is 0 Å². The summed E-state index contributed by atoms with van der Waals surface area (Å²) >= 11 is 7.22. The minimum absolute atomic E-state index is 0. The molecular weight excluding hydrogens is 400 g/mol. The molecule has 27 heavy (non-hydrogen) atoms. The van der Waals surface area contributed by atoms with Crippen LogP contribution < -0.4 is 28.3 Å². The Morgan fingerprint density at radius 2 is 1.89 bits per heavy atom. The summed E-state index contributed by atoms with van der Waals surface area (Å²) in [5.74, 6) is -0.562. The van der Waals surface area contributed by atoms with Crippen molar-refractivity contribution in [1.82, 2.24) is 0 Å². The van der Waals surface area contributed by atoms with Gasteiger partial charge in [0.2, 0.25) is 0 Å². The van der Waals surface area contributed by atoms with E-state index in [1.54, 1.807) is 18.4 Å². The van der Waals surface area contributed by atoms with Crippen molar-refractivity contribution in [3.05, 3.63) is 47.0 Å². The van der Waals surface area contributed by atoms with Crippen molar-refractivity contribution in [1.29, 1.82) is 0 Å². The van der Waals surface area contributed by atoms with Crippen molar-refractivity contribution < 1.29 is 52.8 Å². The minimum atomic E-state index is -4.50. The van der Waals surface area contributed by atoms with E-state index in [4.69, 9.17) is 26.2 Å². The molecule has 0 spiro atoms. The molecule has 0 saturated heterocycles. The van der Waals surface area contributed by atoms with Gasteiger partial charge in [-0.1, -0.05) is 11.6 Å². The summed E-state index contributed by atoms with van der Waals surface area (Å²) < 4.78 is 49.0. The molecule has 0 saturated carbocycles. The van der Waals surface area contributed by atoms with Crippen LogP contribution in [0.15, 0.2) is 41.3 Å². The van der Waals surface area contributed by atoms with Crippen LogP contribution in [0.25, 0.3) is 0 Å². The Morgan fingerprint density at radius 3 is 2.41 bits per heavy atom. The second kappa shape index (κ2) is 9.65. The first kappa shape index (κ1) is 23.6. The number of carbonyl (C=O) groups is 1. The average Bonchev–Trinajstić information content (AvgIpc) is 2.56. The first-order chi connectivity index (χ1) is 12.1. The predicted molar refractivity (Wildman–Crippen MR) is 93.6 cm³/mol. The van der Waals surface area contributed by atoms with Crippen LogP contribution in [0.1, 0.15) is 13.9 Å². The SMILES string of the molecule is CSc1ccc(Oc2ccc(C(F)(F)F)cc2Cl)cc1OC(C)C(=O)O.[H-].[Li+]. The first-order valence-electron chi connectivity index (χ1n) is 7.24. The van der Waals surface area contributed by atoms with Crippen molar-refractivity contribution in [2.24, 2.45) is 0 Å². The number of hydrogen-bond acceptors (Lipinski definition) is 4. The molecule has 1 atom stereocenters. The standard InChI is InChI=1S/C17H14ClF3O4S.Li.H/c1-9(16(22)23)24-14-8-11(4-6-15(14)26-2)25-13-5-3-10(7-12(13)18)17(19,20)21;;/h3-9H,1-2H3,(H,22,23);;/q;+1;-1. The molecule has 0 aliphatic rings. The zero-order chi connectivity index (χ0) is 19.5. The number of ether oxygens (including phenoxy) is 2. The molecule has 0 radical (unpaired) electrons. The number of carboxylic acid groups (broad SMARTS) is 1. The Bertz CT molecular complexity index is 823. The van der Waals surface area contributed by atoms with Gasteiger partial charge in [0.15, 0.2) is 6.10 Å². The fourth-order valence-corrected chi connectivity index (χ4v) is 2.67. The maximum Gasteiger partial charge on any atom is 1.00 e. The second-order valence-corrected chi connectivity index (χ2v) is 6.41. The number of carboxylic acids is 1. The second-order valence-electron chi connectivity index (χ2n) is 5.16. The van der Waals surface area contributed by atoms with Crippen LogP contribution in [0.3, 0.4) is 0 Å². The molecule has 1 N–H and O–H groups in total. The molecule has 0 fully saturated rings. The van der Waals surface area contributed by atoms with Crippen molar-refractivity contribution >= 4 is 29.3 Å². The number of alkyl halides is 3. The molecule has 2 aromatic rings. The Morgan fingerprint density at radius 1 is 1.22 bits per heavy atom. The molecule has 0 heterocycles. The minimum Gasteiger partial charge on any atom is -1.00 e. The Hall–Kier alpha value is -1.46. The van der Waals surface area contributed by atoms with Crippen LogP contribution in [0.2, 0.25) is 5.02 Å². The van der Waals surface area contributed by atoms with Crippen LogP contribution in [-0.4, -0.2) is 23.4 Å². The zero-order valence-electron chi connectivity index (χ0n) is 15.6. The molecule has 0 bridgehead atoms. The quantitative estimate of drug-likeness (QED) is 0.582. The summed E-state index contributed by atoms with van der Waals surface area (Å²) in [6, 6.07) is 7.45. The third-order valence-electron chi connectivity index (χ3n) is 3.27. The molecule has 0 aliphatic carbocycles. The molecule has 142 valence electrons.